The van der Waals surface area contributed by atoms with E-state index in [2.05, 4.69) is 64.9 Å². The number of aromatic nitrogens is 1. The first-order valence-electron chi connectivity index (χ1n) is 7.24. The van der Waals surface area contributed by atoms with E-state index in [-0.39, 0.29) is 0 Å². The van der Waals surface area contributed by atoms with Gasteiger partial charge in [0.15, 0.2) is 0 Å². The molecular weight excluding hydrogens is 244 g/mol. The Bertz CT molecular complexity index is 714. The molecule has 2 nitrogen and oxygen atoms in total. The maximum Gasteiger partial charge on any atom is 0.0454 e. The van der Waals surface area contributed by atoms with E-state index in [9.17, 15) is 0 Å². The molecule has 0 amide bonds. The Morgan fingerprint density at radius 1 is 1.05 bits per heavy atom. The number of rotatable bonds is 4. The molecule has 3 aromatic rings. The van der Waals surface area contributed by atoms with Crippen molar-refractivity contribution in [2.45, 2.75) is 24.9 Å². The summed E-state index contributed by atoms with van der Waals surface area (Å²) >= 11 is 0. The molecule has 2 atom stereocenters. The molecule has 2 aromatic carbocycles. The van der Waals surface area contributed by atoms with Crippen LogP contribution < -0.4 is 5.32 Å². The number of nitrogens with one attached hydrogen (secondary N) is 2. The molecule has 1 saturated carbocycles. The summed E-state index contributed by atoms with van der Waals surface area (Å²) in [6.07, 6.45) is 3.25. The summed E-state index contributed by atoms with van der Waals surface area (Å²) in [4.78, 5) is 3.23. The van der Waals surface area contributed by atoms with Crippen molar-refractivity contribution in [3.63, 3.8) is 0 Å². The highest BCUT2D eigenvalue weighted by Crippen LogP contribution is 2.40. The Morgan fingerprint density at radius 2 is 1.95 bits per heavy atom. The van der Waals surface area contributed by atoms with Crippen molar-refractivity contribution in [1.29, 1.82) is 0 Å². The highest BCUT2D eigenvalue weighted by atomic mass is 15.0. The molecule has 0 aliphatic heterocycles. The average molecular weight is 262 g/mol. The highest BCUT2D eigenvalue weighted by Gasteiger charge is 2.37. The lowest BCUT2D eigenvalue weighted by Gasteiger charge is -2.05. The van der Waals surface area contributed by atoms with Crippen molar-refractivity contribution in [1.82, 2.24) is 10.3 Å². The number of H-pyrrole nitrogens is 1. The smallest absolute Gasteiger partial charge is 0.0454 e. The van der Waals surface area contributed by atoms with Crippen LogP contribution in [0.1, 0.15) is 23.5 Å². The third-order valence-electron chi connectivity index (χ3n) is 4.20. The summed E-state index contributed by atoms with van der Waals surface area (Å²) in [5.41, 5.74) is 4.03. The molecule has 0 bridgehead atoms. The van der Waals surface area contributed by atoms with Crippen LogP contribution in [0.3, 0.4) is 0 Å². The van der Waals surface area contributed by atoms with E-state index in [0.29, 0.717) is 12.0 Å². The van der Waals surface area contributed by atoms with E-state index in [1.807, 2.05) is 6.20 Å². The minimum Gasteiger partial charge on any atom is -0.361 e. The van der Waals surface area contributed by atoms with Crippen LogP contribution in [0, 0.1) is 0 Å². The fraction of sp³-hybridized carbons (Fsp3) is 0.222. The predicted molar refractivity (Wildman–Crippen MR) is 82.7 cm³/mol. The Kier molecular flexibility index (Phi) is 2.82. The molecule has 2 heteroatoms. The molecule has 0 saturated heterocycles. The van der Waals surface area contributed by atoms with Crippen molar-refractivity contribution in [2.24, 2.45) is 0 Å². The van der Waals surface area contributed by atoms with Crippen LogP contribution >= 0.6 is 0 Å². The summed E-state index contributed by atoms with van der Waals surface area (Å²) in [5, 5.41) is 4.96. The second kappa shape index (κ2) is 4.80. The van der Waals surface area contributed by atoms with Crippen LogP contribution in [0.5, 0.6) is 0 Å². The zero-order chi connectivity index (χ0) is 13.4. The summed E-state index contributed by atoms with van der Waals surface area (Å²) in [7, 11) is 0. The number of hydrogen-bond acceptors (Lipinski definition) is 1. The van der Waals surface area contributed by atoms with Gasteiger partial charge in [-0.25, -0.2) is 0 Å². The Balaban J connectivity index is 1.39. The zero-order valence-electron chi connectivity index (χ0n) is 11.3. The molecule has 0 radical (unpaired) electrons. The Labute approximate surface area is 118 Å². The van der Waals surface area contributed by atoms with Crippen LogP contribution in [-0.4, -0.2) is 11.0 Å². The Morgan fingerprint density at radius 3 is 2.85 bits per heavy atom. The fourth-order valence-electron chi connectivity index (χ4n) is 2.95. The van der Waals surface area contributed by atoms with Gasteiger partial charge >= 0.3 is 0 Å². The average Bonchev–Trinajstić information content (AvgIpc) is 3.13. The van der Waals surface area contributed by atoms with Crippen LogP contribution in [0.2, 0.25) is 0 Å². The topological polar surface area (TPSA) is 27.8 Å². The third kappa shape index (κ3) is 2.23. The van der Waals surface area contributed by atoms with Gasteiger partial charge < -0.3 is 10.3 Å². The lowest BCUT2D eigenvalue weighted by Crippen LogP contribution is -2.17. The highest BCUT2D eigenvalue weighted by molar-refractivity contribution is 5.79. The molecule has 1 aliphatic rings. The van der Waals surface area contributed by atoms with Crippen molar-refractivity contribution in [2.75, 3.05) is 0 Å². The van der Waals surface area contributed by atoms with E-state index in [4.69, 9.17) is 0 Å². The lowest BCUT2D eigenvalue weighted by atomic mass is 10.1. The summed E-state index contributed by atoms with van der Waals surface area (Å²) in [6.45, 7) is 0.953. The van der Waals surface area contributed by atoms with Gasteiger partial charge in [-0.1, -0.05) is 36.4 Å². The van der Waals surface area contributed by atoms with Crippen LogP contribution in [0.15, 0.2) is 60.8 Å². The normalized spacial score (nSPS) is 21.2. The van der Waals surface area contributed by atoms with Crippen LogP contribution in [0.25, 0.3) is 10.9 Å². The maximum absolute atomic E-state index is 3.67. The van der Waals surface area contributed by atoms with Gasteiger partial charge in [0, 0.05) is 30.2 Å². The predicted octanol–water partition coefficient (Wildman–Crippen LogP) is 3.81. The quantitative estimate of drug-likeness (QED) is 0.735. The first-order valence-corrected chi connectivity index (χ1v) is 7.24. The molecule has 0 spiro atoms. The number of fused-ring (bicyclic) bond motifs is 1. The molecule has 100 valence electrons. The van der Waals surface area contributed by atoms with E-state index < -0.39 is 0 Å². The summed E-state index contributed by atoms with van der Waals surface area (Å²) in [5.74, 6) is 0.701. The molecule has 2 N–H and O–H groups in total. The van der Waals surface area contributed by atoms with E-state index in [0.717, 1.165) is 6.54 Å². The third-order valence-corrected chi connectivity index (χ3v) is 4.20. The number of aromatic amines is 1. The van der Waals surface area contributed by atoms with Crippen molar-refractivity contribution in [3.05, 3.63) is 71.9 Å². The lowest BCUT2D eigenvalue weighted by molar-refractivity contribution is 0.673. The molecule has 2 unspecified atom stereocenters. The fourth-order valence-corrected chi connectivity index (χ4v) is 2.95. The first kappa shape index (κ1) is 11.7. The SMILES string of the molecule is c1ccc(C2CC2NCc2ccc3[nH]ccc3c2)cc1. The molecule has 1 aliphatic carbocycles. The van der Waals surface area contributed by atoms with Gasteiger partial charge in [0.1, 0.15) is 0 Å². The monoisotopic (exact) mass is 262 g/mol. The molecular formula is C18H18N2. The zero-order valence-corrected chi connectivity index (χ0v) is 11.3. The standard InChI is InChI=1S/C18H18N2/c1-2-4-14(5-3-1)16-11-18(16)20-12-13-6-7-17-15(10-13)8-9-19-17/h1-10,16,18-20H,11-12H2. The summed E-state index contributed by atoms with van der Waals surface area (Å²) in [6, 6.07) is 20.2. The Hall–Kier alpha value is -2.06. The molecule has 1 aromatic heterocycles. The van der Waals surface area contributed by atoms with Gasteiger partial charge in [0.2, 0.25) is 0 Å². The second-order valence-corrected chi connectivity index (χ2v) is 5.64. The van der Waals surface area contributed by atoms with Crippen molar-refractivity contribution < 1.29 is 0 Å². The minimum atomic E-state index is 0.638. The van der Waals surface area contributed by atoms with E-state index >= 15 is 0 Å². The molecule has 1 heterocycles. The molecule has 20 heavy (non-hydrogen) atoms. The van der Waals surface area contributed by atoms with E-state index in [1.165, 1.54) is 28.5 Å². The maximum atomic E-state index is 3.67. The van der Waals surface area contributed by atoms with Crippen LogP contribution in [-0.2, 0) is 6.54 Å². The van der Waals surface area contributed by atoms with Gasteiger partial charge in [0.05, 0.1) is 0 Å². The molecule has 1 fully saturated rings. The van der Waals surface area contributed by atoms with Gasteiger partial charge in [0.25, 0.3) is 0 Å². The van der Waals surface area contributed by atoms with Gasteiger partial charge in [-0.05, 0) is 41.1 Å². The van der Waals surface area contributed by atoms with Gasteiger partial charge in [-0.3, -0.25) is 0 Å². The second-order valence-electron chi connectivity index (χ2n) is 5.64. The van der Waals surface area contributed by atoms with E-state index in [1.54, 1.807) is 0 Å². The molecule has 4 rings (SSSR count). The minimum absolute atomic E-state index is 0.638. The largest absolute Gasteiger partial charge is 0.361 e. The van der Waals surface area contributed by atoms with Gasteiger partial charge in [-0.2, -0.15) is 0 Å². The van der Waals surface area contributed by atoms with Crippen molar-refractivity contribution in [3.8, 4) is 0 Å². The number of benzene rings is 2. The first-order chi connectivity index (χ1) is 9.90. The van der Waals surface area contributed by atoms with Gasteiger partial charge in [-0.15, -0.1) is 0 Å². The number of hydrogen-bond donors (Lipinski definition) is 2. The van der Waals surface area contributed by atoms with Crippen LogP contribution in [0.4, 0.5) is 0 Å². The summed E-state index contributed by atoms with van der Waals surface area (Å²) < 4.78 is 0. The van der Waals surface area contributed by atoms with Crippen molar-refractivity contribution >= 4 is 10.9 Å².